The number of amides is 2. The van der Waals surface area contributed by atoms with Crippen LogP contribution in [0.2, 0.25) is 0 Å². The Bertz CT molecular complexity index is 974. The summed E-state index contributed by atoms with van der Waals surface area (Å²) in [5, 5.41) is 14.4. The maximum absolute atomic E-state index is 12.6. The van der Waals surface area contributed by atoms with Gasteiger partial charge in [-0.15, -0.1) is 0 Å². The van der Waals surface area contributed by atoms with Gasteiger partial charge >= 0.3 is 12.1 Å². The van der Waals surface area contributed by atoms with Crippen molar-refractivity contribution in [1.82, 2.24) is 10.6 Å². The number of carbonyl (C=O) groups is 3. The summed E-state index contributed by atoms with van der Waals surface area (Å²) < 4.78 is 5.63. The molecule has 0 heterocycles. The average molecular weight is 481 g/mol. The Labute approximate surface area is 207 Å². The second-order valence-corrected chi connectivity index (χ2v) is 9.43. The lowest BCUT2D eigenvalue weighted by molar-refractivity contribution is -0.137. The number of aliphatic carboxylic acids is 1. The third-order valence-corrected chi connectivity index (χ3v) is 6.50. The predicted octanol–water partition coefficient (Wildman–Crippen LogP) is 5.09. The first-order valence-electron chi connectivity index (χ1n) is 12.5. The van der Waals surface area contributed by atoms with E-state index in [0.29, 0.717) is 13.0 Å². The van der Waals surface area contributed by atoms with Crippen LogP contribution in [0.15, 0.2) is 48.5 Å². The van der Waals surface area contributed by atoms with Crippen LogP contribution in [-0.4, -0.2) is 42.3 Å². The molecule has 2 amide bonds. The zero-order valence-corrected chi connectivity index (χ0v) is 20.6. The largest absolute Gasteiger partial charge is 0.481 e. The Kier molecular flexibility index (Phi) is 9.70. The second kappa shape index (κ2) is 12.9. The molecule has 7 nitrogen and oxygen atoms in total. The summed E-state index contributed by atoms with van der Waals surface area (Å²) in [6, 6.07) is 16.1. The molecule has 0 aromatic heterocycles. The SMILES string of the molecule is CC(C)[C@H](CC(=O)NCCCCCCC(=O)O)NC(=O)OCC1c2ccccc2-c2ccccc21. The lowest BCUT2D eigenvalue weighted by Gasteiger charge is -2.22. The van der Waals surface area contributed by atoms with Crippen molar-refractivity contribution in [3.05, 3.63) is 59.7 Å². The van der Waals surface area contributed by atoms with Gasteiger partial charge in [0.2, 0.25) is 5.91 Å². The predicted molar refractivity (Wildman–Crippen MR) is 135 cm³/mol. The lowest BCUT2D eigenvalue weighted by Crippen LogP contribution is -2.43. The van der Waals surface area contributed by atoms with E-state index in [4.69, 9.17) is 9.84 Å². The highest BCUT2D eigenvalue weighted by Gasteiger charge is 2.29. The molecule has 0 unspecified atom stereocenters. The van der Waals surface area contributed by atoms with Crippen molar-refractivity contribution in [1.29, 1.82) is 0 Å². The number of carboxylic acids is 1. The van der Waals surface area contributed by atoms with E-state index in [2.05, 4.69) is 34.9 Å². The minimum Gasteiger partial charge on any atom is -0.481 e. The Morgan fingerprint density at radius 3 is 2.11 bits per heavy atom. The van der Waals surface area contributed by atoms with Crippen LogP contribution in [-0.2, 0) is 14.3 Å². The van der Waals surface area contributed by atoms with Crippen LogP contribution in [0.25, 0.3) is 11.1 Å². The van der Waals surface area contributed by atoms with Gasteiger partial charge in [0.05, 0.1) is 0 Å². The van der Waals surface area contributed by atoms with E-state index in [1.165, 1.54) is 11.1 Å². The Morgan fingerprint density at radius 2 is 1.51 bits per heavy atom. The van der Waals surface area contributed by atoms with Crippen LogP contribution in [0.1, 0.15) is 69.4 Å². The van der Waals surface area contributed by atoms with Gasteiger partial charge in [0, 0.05) is 31.3 Å². The van der Waals surface area contributed by atoms with E-state index >= 15 is 0 Å². The molecule has 0 radical (unpaired) electrons. The van der Waals surface area contributed by atoms with Gasteiger partial charge in [-0.05, 0) is 41.0 Å². The summed E-state index contributed by atoms with van der Waals surface area (Å²) in [6.45, 7) is 4.70. The molecule has 3 rings (SSSR count). The third kappa shape index (κ3) is 7.57. The smallest absolute Gasteiger partial charge is 0.407 e. The number of carboxylic acid groups (broad SMARTS) is 1. The number of fused-ring (bicyclic) bond motifs is 3. The monoisotopic (exact) mass is 480 g/mol. The van der Waals surface area contributed by atoms with Crippen LogP contribution in [0, 0.1) is 5.92 Å². The number of nitrogens with one attached hydrogen (secondary N) is 2. The van der Waals surface area contributed by atoms with Crippen molar-refractivity contribution in [3.63, 3.8) is 0 Å². The first-order valence-corrected chi connectivity index (χ1v) is 12.5. The minimum atomic E-state index is -0.776. The summed E-state index contributed by atoms with van der Waals surface area (Å²) in [6.07, 6.45) is 3.02. The highest BCUT2D eigenvalue weighted by Crippen LogP contribution is 2.44. The van der Waals surface area contributed by atoms with E-state index in [9.17, 15) is 14.4 Å². The number of unbranched alkanes of at least 4 members (excludes halogenated alkanes) is 3. The van der Waals surface area contributed by atoms with Gasteiger partial charge in [-0.2, -0.15) is 0 Å². The highest BCUT2D eigenvalue weighted by molar-refractivity contribution is 5.79. The summed E-state index contributed by atoms with van der Waals surface area (Å²) >= 11 is 0. The molecule has 7 heteroatoms. The van der Waals surface area contributed by atoms with E-state index in [0.717, 1.165) is 30.4 Å². The molecule has 188 valence electrons. The number of ether oxygens (including phenoxy) is 1. The normalized spacial score (nSPS) is 13.1. The van der Waals surface area contributed by atoms with Gasteiger partial charge in [0.25, 0.3) is 0 Å². The number of hydrogen-bond acceptors (Lipinski definition) is 4. The summed E-state index contributed by atoms with van der Waals surface area (Å²) in [5.74, 6) is -0.836. The Hall–Kier alpha value is -3.35. The molecule has 0 saturated heterocycles. The molecule has 1 atom stereocenters. The van der Waals surface area contributed by atoms with Crippen molar-refractivity contribution >= 4 is 18.0 Å². The lowest BCUT2D eigenvalue weighted by atomic mass is 9.98. The fraction of sp³-hybridized carbons (Fsp3) is 0.464. The van der Waals surface area contributed by atoms with Crippen LogP contribution >= 0.6 is 0 Å². The maximum atomic E-state index is 12.6. The Balaban J connectivity index is 1.44. The second-order valence-electron chi connectivity index (χ2n) is 9.43. The zero-order chi connectivity index (χ0) is 25.2. The summed E-state index contributed by atoms with van der Waals surface area (Å²) in [5.41, 5.74) is 4.67. The molecule has 2 aromatic carbocycles. The quantitative estimate of drug-likeness (QED) is 0.346. The molecule has 0 aliphatic heterocycles. The topological polar surface area (TPSA) is 105 Å². The van der Waals surface area contributed by atoms with Gasteiger partial charge in [0.1, 0.15) is 6.61 Å². The van der Waals surface area contributed by atoms with Crippen LogP contribution in [0.3, 0.4) is 0 Å². The highest BCUT2D eigenvalue weighted by atomic mass is 16.5. The molecule has 1 aliphatic rings. The number of carbonyl (C=O) groups excluding carboxylic acids is 2. The van der Waals surface area contributed by atoms with E-state index < -0.39 is 12.1 Å². The van der Waals surface area contributed by atoms with E-state index in [-0.39, 0.29) is 43.2 Å². The number of alkyl carbamates (subject to hydrolysis) is 1. The molecule has 3 N–H and O–H groups in total. The summed E-state index contributed by atoms with van der Waals surface area (Å²) in [4.78, 5) is 35.5. The number of benzene rings is 2. The zero-order valence-electron chi connectivity index (χ0n) is 20.6. The molecule has 2 aromatic rings. The number of hydrogen-bond donors (Lipinski definition) is 3. The molecule has 35 heavy (non-hydrogen) atoms. The third-order valence-electron chi connectivity index (χ3n) is 6.50. The van der Waals surface area contributed by atoms with Gasteiger partial charge in [-0.25, -0.2) is 4.79 Å². The first-order chi connectivity index (χ1) is 16.9. The fourth-order valence-electron chi connectivity index (χ4n) is 4.50. The fourth-order valence-corrected chi connectivity index (χ4v) is 4.50. The molecular formula is C28H36N2O5. The van der Waals surface area contributed by atoms with Crippen molar-refractivity contribution in [2.45, 2.75) is 64.3 Å². The van der Waals surface area contributed by atoms with Gasteiger partial charge in [-0.3, -0.25) is 9.59 Å². The maximum Gasteiger partial charge on any atom is 0.407 e. The van der Waals surface area contributed by atoms with Crippen molar-refractivity contribution in [2.75, 3.05) is 13.2 Å². The van der Waals surface area contributed by atoms with Crippen LogP contribution in [0.5, 0.6) is 0 Å². The van der Waals surface area contributed by atoms with Crippen LogP contribution in [0.4, 0.5) is 4.79 Å². The molecule has 1 aliphatic carbocycles. The van der Waals surface area contributed by atoms with Crippen molar-refractivity contribution in [3.8, 4) is 11.1 Å². The van der Waals surface area contributed by atoms with Crippen molar-refractivity contribution < 1.29 is 24.2 Å². The average Bonchev–Trinajstić information content (AvgIpc) is 3.15. The Morgan fingerprint density at radius 1 is 0.914 bits per heavy atom. The van der Waals surface area contributed by atoms with Gasteiger partial charge in [0.15, 0.2) is 0 Å². The van der Waals surface area contributed by atoms with E-state index in [1.807, 2.05) is 38.1 Å². The van der Waals surface area contributed by atoms with Crippen molar-refractivity contribution in [2.24, 2.45) is 5.92 Å². The summed E-state index contributed by atoms with van der Waals surface area (Å²) in [7, 11) is 0. The molecule has 0 saturated carbocycles. The van der Waals surface area contributed by atoms with Gasteiger partial charge < -0.3 is 20.5 Å². The van der Waals surface area contributed by atoms with E-state index in [1.54, 1.807) is 0 Å². The standard InChI is InChI=1S/C28H36N2O5/c1-19(2)25(17-26(31)29-16-10-4-3-5-15-27(32)33)30-28(34)35-18-24-22-13-8-6-11-20(22)21-12-7-9-14-23(21)24/h6-9,11-14,19,24-25H,3-5,10,15-18H2,1-2H3,(H,29,31)(H,30,34)(H,32,33)/t25-/m0/s1. The van der Waals surface area contributed by atoms with Crippen LogP contribution < -0.4 is 10.6 Å². The van der Waals surface area contributed by atoms with Gasteiger partial charge in [-0.1, -0.05) is 75.2 Å². The molecular weight excluding hydrogens is 444 g/mol. The molecule has 0 spiro atoms. The number of rotatable bonds is 13. The first kappa shape index (κ1) is 26.3. The molecule has 0 bridgehead atoms. The molecule has 0 fully saturated rings. The minimum absolute atomic E-state index is 0.00977.